The normalized spacial score (nSPS) is 9.83. The Bertz CT molecular complexity index is 381. The Morgan fingerprint density at radius 3 is 2.94 bits per heavy atom. The van der Waals surface area contributed by atoms with Gasteiger partial charge in [-0.3, -0.25) is 9.78 Å². The minimum absolute atomic E-state index is 0.0212. The van der Waals surface area contributed by atoms with Crippen molar-refractivity contribution in [3.63, 3.8) is 0 Å². The van der Waals surface area contributed by atoms with Crippen molar-refractivity contribution in [2.24, 2.45) is 0 Å². The van der Waals surface area contributed by atoms with Gasteiger partial charge in [-0.25, -0.2) is 0 Å². The van der Waals surface area contributed by atoms with E-state index in [1.807, 2.05) is 12.1 Å². The SMILES string of the molecule is CCCCCC(=O)NC(=S)NCc1cccnc1. The van der Waals surface area contributed by atoms with E-state index in [0.717, 1.165) is 24.8 Å². The summed E-state index contributed by atoms with van der Waals surface area (Å²) in [5, 5.41) is 6.03. The first kappa shape index (κ1) is 14.6. The minimum atomic E-state index is -0.0212. The molecule has 5 heteroatoms. The molecule has 1 rings (SSSR count). The van der Waals surface area contributed by atoms with Crippen molar-refractivity contribution in [2.45, 2.75) is 39.2 Å². The summed E-state index contributed by atoms with van der Waals surface area (Å²) in [5.74, 6) is -0.0212. The van der Waals surface area contributed by atoms with Crippen LogP contribution in [0.1, 0.15) is 38.2 Å². The van der Waals surface area contributed by atoms with E-state index in [0.29, 0.717) is 18.1 Å². The van der Waals surface area contributed by atoms with Crippen molar-refractivity contribution in [3.05, 3.63) is 30.1 Å². The molecule has 0 bridgehead atoms. The van der Waals surface area contributed by atoms with E-state index >= 15 is 0 Å². The van der Waals surface area contributed by atoms with Gasteiger partial charge in [0.05, 0.1) is 0 Å². The molecule has 0 aliphatic heterocycles. The molecule has 1 aromatic heterocycles. The van der Waals surface area contributed by atoms with E-state index in [2.05, 4.69) is 22.5 Å². The first-order valence-electron chi connectivity index (χ1n) is 6.19. The molecule has 18 heavy (non-hydrogen) atoms. The van der Waals surface area contributed by atoms with Gasteiger partial charge in [0, 0.05) is 25.4 Å². The quantitative estimate of drug-likeness (QED) is 0.611. The summed E-state index contributed by atoms with van der Waals surface area (Å²) >= 11 is 5.04. The molecular formula is C13H19N3OS. The molecule has 98 valence electrons. The lowest BCUT2D eigenvalue weighted by atomic mass is 10.2. The van der Waals surface area contributed by atoms with Crippen LogP contribution in [0.2, 0.25) is 0 Å². The zero-order chi connectivity index (χ0) is 13.2. The van der Waals surface area contributed by atoms with Gasteiger partial charge in [0.2, 0.25) is 5.91 Å². The maximum absolute atomic E-state index is 11.5. The summed E-state index contributed by atoms with van der Waals surface area (Å²) in [4.78, 5) is 15.5. The molecule has 1 aromatic rings. The fourth-order valence-corrected chi connectivity index (χ4v) is 1.64. The van der Waals surface area contributed by atoms with Crippen LogP contribution in [0, 0.1) is 0 Å². The van der Waals surface area contributed by atoms with Gasteiger partial charge in [0.1, 0.15) is 0 Å². The lowest BCUT2D eigenvalue weighted by Gasteiger charge is -2.09. The lowest BCUT2D eigenvalue weighted by Crippen LogP contribution is -2.38. The summed E-state index contributed by atoms with van der Waals surface area (Å²) < 4.78 is 0. The van der Waals surface area contributed by atoms with E-state index in [1.165, 1.54) is 0 Å². The average molecular weight is 265 g/mol. The van der Waals surface area contributed by atoms with Crippen LogP contribution in [0.4, 0.5) is 0 Å². The Balaban J connectivity index is 2.19. The van der Waals surface area contributed by atoms with E-state index in [4.69, 9.17) is 12.2 Å². The second-order valence-electron chi connectivity index (χ2n) is 4.05. The maximum atomic E-state index is 11.5. The highest BCUT2D eigenvalue weighted by Crippen LogP contribution is 1.98. The molecule has 2 N–H and O–H groups in total. The van der Waals surface area contributed by atoms with Crippen molar-refractivity contribution in [1.29, 1.82) is 0 Å². The molecule has 1 heterocycles. The average Bonchev–Trinajstić information content (AvgIpc) is 2.38. The monoisotopic (exact) mass is 265 g/mol. The molecule has 0 unspecified atom stereocenters. The van der Waals surface area contributed by atoms with Crippen molar-refractivity contribution in [1.82, 2.24) is 15.6 Å². The number of carbonyl (C=O) groups excluding carboxylic acids is 1. The molecule has 0 fully saturated rings. The fourth-order valence-electron chi connectivity index (χ4n) is 1.45. The maximum Gasteiger partial charge on any atom is 0.226 e. The number of thiocarbonyl (C=S) groups is 1. The van der Waals surface area contributed by atoms with Gasteiger partial charge in [-0.05, 0) is 30.3 Å². The molecule has 0 aromatic carbocycles. The summed E-state index contributed by atoms with van der Waals surface area (Å²) in [5.41, 5.74) is 1.03. The zero-order valence-electron chi connectivity index (χ0n) is 10.6. The number of hydrogen-bond donors (Lipinski definition) is 2. The number of amides is 1. The first-order chi connectivity index (χ1) is 8.72. The second kappa shape index (κ2) is 8.58. The molecule has 4 nitrogen and oxygen atoms in total. The van der Waals surface area contributed by atoms with Crippen LogP contribution in [0.15, 0.2) is 24.5 Å². The van der Waals surface area contributed by atoms with Crippen molar-refractivity contribution >= 4 is 23.2 Å². The molecule has 1 amide bonds. The molecule has 0 radical (unpaired) electrons. The topological polar surface area (TPSA) is 54.0 Å². The number of pyridine rings is 1. The Kier molecular flexibility index (Phi) is 6.94. The highest BCUT2D eigenvalue weighted by Gasteiger charge is 2.03. The highest BCUT2D eigenvalue weighted by molar-refractivity contribution is 7.80. The van der Waals surface area contributed by atoms with Crippen molar-refractivity contribution < 1.29 is 4.79 Å². The zero-order valence-corrected chi connectivity index (χ0v) is 11.4. The van der Waals surface area contributed by atoms with Gasteiger partial charge in [0.15, 0.2) is 5.11 Å². The molecular weight excluding hydrogens is 246 g/mol. The van der Waals surface area contributed by atoms with Gasteiger partial charge in [-0.1, -0.05) is 25.8 Å². The summed E-state index contributed by atoms with van der Waals surface area (Å²) in [7, 11) is 0. The third-order valence-electron chi connectivity index (χ3n) is 2.44. The van der Waals surface area contributed by atoms with E-state index in [1.54, 1.807) is 12.4 Å². The van der Waals surface area contributed by atoms with Gasteiger partial charge in [-0.15, -0.1) is 0 Å². The van der Waals surface area contributed by atoms with Crippen LogP contribution in [0.5, 0.6) is 0 Å². The number of carbonyl (C=O) groups is 1. The van der Waals surface area contributed by atoms with Gasteiger partial charge >= 0.3 is 0 Å². The number of unbranched alkanes of at least 4 members (excludes halogenated alkanes) is 2. The van der Waals surface area contributed by atoms with E-state index in [-0.39, 0.29) is 5.91 Å². The number of hydrogen-bond acceptors (Lipinski definition) is 3. The predicted octanol–water partition coefficient (Wildman–Crippen LogP) is 2.15. The molecule has 0 spiro atoms. The van der Waals surface area contributed by atoms with E-state index in [9.17, 15) is 4.79 Å². The van der Waals surface area contributed by atoms with Gasteiger partial charge in [0.25, 0.3) is 0 Å². The summed E-state index contributed by atoms with van der Waals surface area (Å²) in [6, 6.07) is 3.81. The Morgan fingerprint density at radius 1 is 1.44 bits per heavy atom. The van der Waals surface area contributed by atoms with Crippen molar-refractivity contribution in [3.8, 4) is 0 Å². The Labute approximate surface area is 113 Å². The molecule has 0 aliphatic rings. The minimum Gasteiger partial charge on any atom is -0.358 e. The van der Waals surface area contributed by atoms with Crippen LogP contribution in [-0.4, -0.2) is 16.0 Å². The Hall–Kier alpha value is -1.49. The van der Waals surface area contributed by atoms with Gasteiger partial charge < -0.3 is 10.6 Å². The number of nitrogens with zero attached hydrogens (tertiary/aromatic N) is 1. The number of aromatic nitrogens is 1. The van der Waals surface area contributed by atoms with Crippen LogP contribution < -0.4 is 10.6 Å². The fraction of sp³-hybridized carbons (Fsp3) is 0.462. The summed E-state index contributed by atoms with van der Waals surface area (Å²) in [6.45, 7) is 2.68. The third-order valence-corrected chi connectivity index (χ3v) is 2.68. The predicted molar refractivity (Wildman–Crippen MR) is 76.0 cm³/mol. The molecule has 0 saturated heterocycles. The Morgan fingerprint density at radius 2 is 2.28 bits per heavy atom. The van der Waals surface area contributed by atoms with Crippen molar-refractivity contribution in [2.75, 3.05) is 0 Å². The smallest absolute Gasteiger partial charge is 0.226 e. The van der Waals surface area contributed by atoms with Crippen LogP contribution >= 0.6 is 12.2 Å². The third kappa shape index (κ3) is 6.30. The first-order valence-corrected chi connectivity index (χ1v) is 6.59. The number of nitrogens with one attached hydrogen (secondary N) is 2. The highest BCUT2D eigenvalue weighted by atomic mass is 32.1. The second-order valence-corrected chi connectivity index (χ2v) is 4.46. The lowest BCUT2D eigenvalue weighted by molar-refractivity contribution is -0.119. The van der Waals surface area contributed by atoms with Crippen LogP contribution in [-0.2, 0) is 11.3 Å². The van der Waals surface area contributed by atoms with Gasteiger partial charge in [-0.2, -0.15) is 0 Å². The van der Waals surface area contributed by atoms with Crippen LogP contribution in [0.3, 0.4) is 0 Å². The summed E-state index contributed by atoms with van der Waals surface area (Å²) in [6.07, 6.45) is 7.10. The molecule has 0 saturated carbocycles. The van der Waals surface area contributed by atoms with Crippen LogP contribution in [0.25, 0.3) is 0 Å². The van der Waals surface area contributed by atoms with E-state index < -0.39 is 0 Å². The number of rotatable bonds is 6. The molecule has 0 aliphatic carbocycles. The largest absolute Gasteiger partial charge is 0.358 e. The standard InChI is InChI=1S/C13H19N3OS/c1-2-3-4-7-12(17)16-13(18)15-10-11-6-5-8-14-9-11/h5-6,8-9H,2-4,7,10H2,1H3,(H2,15,16,17,18). The molecule has 0 atom stereocenters.